The average Bonchev–Trinajstić information content (AvgIpc) is 2.41. The molecule has 21 heavy (non-hydrogen) atoms. The molecule has 1 unspecified atom stereocenters. The number of benzene rings is 1. The smallest absolute Gasteiger partial charge is 0.335 e. The summed E-state index contributed by atoms with van der Waals surface area (Å²) in [5.74, 6) is -1.03. The lowest BCUT2D eigenvalue weighted by Gasteiger charge is -2.37. The first-order valence-corrected chi connectivity index (χ1v) is 7.46. The van der Waals surface area contributed by atoms with Crippen LogP contribution < -0.4 is 5.32 Å². The molecule has 6 nitrogen and oxygen atoms in total. The third kappa shape index (κ3) is 3.95. The van der Waals surface area contributed by atoms with E-state index in [0.29, 0.717) is 29.3 Å². The SMILES string of the molecule is CC1CN(C(=O)Nc2cc(Br)cc(C(=O)O)c2)CCN1C. The second-order valence-corrected chi connectivity index (χ2v) is 6.16. The number of carboxylic acids is 1. The molecule has 2 N–H and O–H groups in total. The Balaban J connectivity index is 2.07. The van der Waals surface area contributed by atoms with Gasteiger partial charge >= 0.3 is 12.0 Å². The fraction of sp³-hybridized carbons (Fsp3) is 0.429. The van der Waals surface area contributed by atoms with Gasteiger partial charge in [0.1, 0.15) is 0 Å². The number of rotatable bonds is 2. The van der Waals surface area contributed by atoms with Gasteiger partial charge in [-0.05, 0) is 32.2 Å². The number of aromatic carboxylic acids is 1. The summed E-state index contributed by atoms with van der Waals surface area (Å²) >= 11 is 3.25. The van der Waals surface area contributed by atoms with Crippen LogP contribution in [0.1, 0.15) is 17.3 Å². The van der Waals surface area contributed by atoms with Crippen LogP contribution in [0.15, 0.2) is 22.7 Å². The second kappa shape index (κ2) is 6.44. The highest BCUT2D eigenvalue weighted by Gasteiger charge is 2.24. The maximum atomic E-state index is 12.2. The number of nitrogens with zero attached hydrogens (tertiary/aromatic N) is 2. The average molecular weight is 356 g/mol. The van der Waals surface area contributed by atoms with Crippen molar-refractivity contribution in [3.8, 4) is 0 Å². The molecule has 1 aromatic carbocycles. The van der Waals surface area contributed by atoms with Gasteiger partial charge in [0.15, 0.2) is 0 Å². The van der Waals surface area contributed by atoms with Crippen molar-refractivity contribution in [2.24, 2.45) is 0 Å². The molecule has 1 heterocycles. The number of piperazine rings is 1. The first-order valence-electron chi connectivity index (χ1n) is 6.67. The summed E-state index contributed by atoms with van der Waals surface area (Å²) < 4.78 is 0.615. The van der Waals surface area contributed by atoms with Crippen molar-refractivity contribution in [2.45, 2.75) is 13.0 Å². The monoisotopic (exact) mass is 355 g/mol. The highest BCUT2D eigenvalue weighted by atomic mass is 79.9. The lowest BCUT2D eigenvalue weighted by molar-refractivity contribution is 0.0696. The molecule has 2 rings (SSSR count). The molecule has 114 valence electrons. The van der Waals surface area contributed by atoms with Crippen molar-refractivity contribution in [3.05, 3.63) is 28.2 Å². The molecule has 1 atom stereocenters. The lowest BCUT2D eigenvalue weighted by Crippen LogP contribution is -2.53. The number of halogens is 1. The zero-order valence-corrected chi connectivity index (χ0v) is 13.6. The molecular formula is C14H18BrN3O3. The Bertz CT molecular complexity index is 564. The van der Waals surface area contributed by atoms with Gasteiger partial charge in [-0.2, -0.15) is 0 Å². The predicted molar refractivity (Wildman–Crippen MR) is 83.8 cm³/mol. The minimum atomic E-state index is -1.03. The van der Waals surface area contributed by atoms with Gasteiger partial charge in [0.25, 0.3) is 0 Å². The fourth-order valence-electron chi connectivity index (χ4n) is 2.22. The molecule has 1 aliphatic heterocycles. The maximum absolute atomic E-state index is 12.2. The van der Waals surface area contributed by atoms with Crippen LogP contribution in [-0.4, -0.2) is 59.6 Å². The first-order chi connectivity index (χ1) is 9.86. The number of hydrogen-bond acceptors (Lipinski definition) is 3. The quantitative estimate of drug-likeness (QED) is 0.853. The third-order valence-electron chi connectivity index (χ3n) is 3.64. The van der Waals surface area contributed by atoms with Gasteiger partial charge in [0, 0.05) is 35.8 Å². The molecule has 0 aliphatic carbocycles. The van der Waals surface area contributed by atoms with Gasteiger partial charge in [-0.25, -0.2) is 9.59 Å². The summed E-state index contributed by atoms with van der Waals surface area (Å²) in [4.78, 5) is 27.2. The van der Waals surface area contributed by atoms with E-state index in [1.165, 1.54) is 12.1 Å². The molecule has 2 amide bonds. The Morgan fingerprint density at radius 2 is 2.05 bits per heavy atom. The van der Waals surface area contributed by atoms with Crippen molar-refractivity contribution in [2.75, 3.05) is 32.0 Å². The van der Waals surface area contributed by atoms with E-state index in [9.17, 15) is 9.59 Å². The summed E-state index contributed by atoms with van der Waals surface area (Å²) in [6.45, 7) is 4.21. The summed E-state index contributed by atoms with van der Waals surface area (Å²) in [5.41, 5.74) is 0.602. The Labute approximate surface area is 131 Å². The minimum Gasteiger partial charge on any atom is -0.478 e. The van der Waals surface area contributed by atoms with Crippen LogP contribution in [0.4, 0.5) is 10.5 Å². The second-order valence-electron chi connectivity index (χ2n) is 5.24. The van der Waals surface area contributed by atoms with E-state index < -0.39 is 5.97 Å². The van der Waals surface area contributed by atoms with Gasteiger partial charge in [0.05, 0.1) is 5.56 Å². The molecule has 0 bridgehead atoms. The van der Waals surface area contributed by atoms with Gasteiger partial charge in [-0.15, -0.1) is 0 Å². The number of urea groups is 1. The van der Waals surface area contributed by atoms with Crippen LogP contribution in [0.3, 0.4) is 0 Å². The molecule has 0 aromatic heterocycles. The van der Waals surface area contributed by atoms with E-state index in [2.05, 4.69) is 33.1 Å². The molecule has 1 aliphatic rings. The Morgan fingerprint density at radius 1 is 1.33 bits per heavy atom. The van der Waals surface area contributed by atoms with E-state index in [-0.39, 0.29) is 11.6 Å². The van der Waals surface area contributed by atoms with E-state index in [0.717, 1.165) is 6.54 Å². The lowest BCUT2D eigenvalue weighted by atomic mass is 10.2. The number of anilines is 1. The van der Waals surface area contributed by atoms with Crippen molar-refractivity contribution >= 4 is 33.6 Å². The molecular weight excluding hydrogens is 338 g/mol. The van der Waals surface area contributed by atoms with E-state index in [4.69, 9.17) is 5.11 Å². The zero-order valence-electron chi connectivity index (χ0n) is 12.0. The van der Waals surface area contributed by atoms with Crippen molar-refractivity contribution in [1.29, 1.82) is 0 Å². The molecule has 1 fully saturated rings. The van der Waals surface area contributed by atoms with Crippen LogP contribution in [0.5, 0.6) is 0 Å². The number of carboxylic acid groups (broad SMARTS) is 1. The summed E-state index contributed by atoms with van der Waals surface area (Å²) in [6, 6.07) is 4.73. The van der Waals surface area contributed by atoms with Gasteiger partial charge in [0.2, 0.25) is 0 Å². The molecule has 0 saturated carbocycles. The summed E-state index contributed by atoms with van der Waals surface area (Å²) in [7, 11) is 2.04. The van der Waals surface area contributed by atoms with Crippen molar-refractivity contribution in [1.82, 2.24) is 9.80 Å². The Kier molecular flexibility index (Phi) is 4.84. The Hall–Kier alpha value is -1.60. The van der Waals surface area contributed by atoms with Crippen LogP contribution in [0.2, 0.25) is 0 Å². The van der Waals surface area contributed by atoms with Crippen molar-refractivity contribution < 1.29 is 14.7 Å². The number of amides is 2. The zero-order chi connectivity index (χ0) is 15.6. The minimum absolute atomic E-state index is 0.131. The van der Waals surface area contributed by atoms with Gasteiger partial charge < -0.3 is 20.2 Å². The number of hydrogen-bond donors (Lipinski definition) is 2. The highest BCUT2D eigenvalue weighted by molar-refractivity contribution is 9.10. The maximum Gasteiger partial charge on any atom is 0.335 e. The van der Waals surface area contributed by atoms with Crippen LogP contribution in [0, 0.1) is 0 Å². The molecule has 1 saturated heterocycles. The van der Waals surface area contributed by atoms with Crippen LogP contribution in [-0.2, 0) is 0 Å². The third-order valence-corrected chi connectivity index (χ3v) is 4.10. The topological polar surface area (TPSA) is 72.9 Å². The molecule has 7 heteroatoms. The molecule has 0 radical (unpaired) electrons. The number of carbonyl (C=O) groups is 2. The van der Waals surface area contributed by atoms with Crippen LogP contribution in [0.25, 0.3) is 0 Å². The standard InChI is InChI=1S/C14H18BrN3O3/c1-9-8-18(4-3-17(9)2)14(21)16-12-6-10(13(19)20)5-11(15)7-12/h5-7,9H,3-4,8H2,1-2H3,(H,16,21)(H,19,20). The normalized spacial score (nSPS) is 19.4. The number of carbonyl (C=O) groups excluding carboxylic acids is 1. The van der Waals surface area contributed by atoms with E-state index in [1.807, 2.05) is 7.05 Å². The molecule has 1 aromatic rings. The summed E-state index contributed by atoms with van der Waals surface area (Å²) in [6.07, 6.45) is 0. The predicted octanol–water partition coefficient (Wildman–Crippen LogP) is 2.32. The largest absolute Gasteiger partial charge is 0.478 e. The highest BCUT2D eigenvalue weighted by Crippen LogP contribution is 2.20. The first kappa shape index (κ1) is 15.8. The fourth-order valence-corrected chi connectivity index (χ4v) is 2.71. The van der Waals surface area contributed by atoms with Gasteiger partial charge in [-0.3, -0.25) is 0 Å². The Morgan fingerprint density at radius 3 is 2.67 bits per heavy atom. The van der Waals surface area contributed by atoms with E-state index >= 15 is 0 Å². The van der Waals surface area contributed by atoms with Gasteiger partial charge in [-0.1, -0.05) is 15.9 Å². The van der Waals surface area contributed by atoms with Crippen LogP contribution >= 0.6 is 15.9 Å². The number of nitrogens with one attached hydrogen (secondary N) is 1. The molecule has 0 spiro atoms. The summed E-state index contributed by atoms with van der Waals surface area (Å²) in [5, 5.41) is 11.8. The van der Waals surface area contributed by atoms with Crippen molar-refractivity contribution in [3.63, 3.8) is 0 Å². The number of likely N-dealkylation sites (N-methyl/N-ethyl adjacent to an activating group) is 1. The van der Waals surface area contributed by atoms with E-state index in [1.54, 1.807) is 11.0 Å².